The van der Waals surface area contributed by atoms with E-state index in [9.17, 15) is 9.59 Å². The Balaban J connectivity index is 2.06. The lowest BCUT2D eigenvalue weighted by Gasteiger charge is -2.44. The van der Waals surface area contributed by atoms with Gasteiger partial charge in [0.2, 0.25) is 5.91 Å². The van der Waals surface area contributed by atoms with Gasteiger partial charge >= 0.3 is 5.97 Å². The van der Waals surface area contributed by atoms with E-state index in [-0.39, 0.29) is 23.8 Å². The van der Waals surface area contributed by atoms with Crippen LogP contribution in [0.4, 0.5) is 0 Å². The van der Waals surface area contributed by atoms with Gasteiger partial charge in [-0.3, -0.25) is 4.79 Å². The molecule has 0 saturated heterocycles. The van der Waals surface area contributed by atoms with Gasteiger partial charge in [0, 0.05) is 12.0 Å². The van der Waals surface area contributed by atoms with E-state index in [0.29, 0.717) is 24.7 Å². The Morgan fingerprint density at radius 2 is 1.73 bits per heavy atom. The lowest BCUT2D eigenvalue weighted by atomic mass is 9.65. The van der Waals surface area contributed by atoms with E-state index < -0.39 is 5.54 Å². The van der Waals surface area contributed by atoms with Crippen LogP contribution in [0, 0.1) is 17.8 Å². The molecule has 0 aliphatic heterocycles. The molecule has 126 valence electrons. The van der Waals surface area contributed by atoms with E-state index in [4.69, 9.17) is 10.5 Å². The van der Waals surface area contributed by atoms with Crippen molar-refractivity contribution in [3.8, 4) is 0 Å². The van der Waals surface area contributed by atoms with Crippen LogP contribution in [0.2, 0.25) is 0 Å². The van der Waals surface area contributed by atoms with Gasteiger partial charge in [-0.15, -0.1) is 0 Å². The van der Waals surface area contributed by atoms with Crippen LogP contribution in [0.1, 0.15) is 58.8 Å². The number of carbonyl (C=O) groups excluding carboxylic acids is 2. The third-order valence-electron chi connectivity index (χ3n) is 5.93. The molecule has 2 aliphatic rings. The molecule has 2 bridgehead atoms. The minimum atomic E-state index is -0.888. The molecule has 0 spiro atoms. The fourth-order valence-corrected chi connectivity index (χ4v) is 4.30. The summed E-state index contributed by atoms with van der Waals surface area (Å²) in [5, 5.41) is 3.00. The number of methoxy groups -OCH3 is 1. The van der Waals surface area contributed by atoms with Crippen LogP contribution in [0.15, 0.2) is 0 Å². The summed E-state index contributed by atoms with van der Waals surface area (Å²) < 4.78 is 4.90. The van der Waals surface area contributed by atoms with E-state index in [1.807, 2.05) is 13.8 Å². The van der Waals surface area contributed by atoms with Crippen LogP contribution in [0.25, 0.3) is 0 Å². The van der Waals surface area contributed by atoms with Gasteiger partial charge in [-0.1, -0.05) is 20.3 Å². The SMILES string of the molecule is CCC(CC)(NC(=O)C1CC2CCCC(C1)C2N)C(=O)OC. The van der Waals surface area contributed by atoms with Crippen molar-refractivity contribution < 1.29 is 14.3 Å². The molecule has 0 heterocycles. The normalized spacial score (nSPS) is 31.5. The number of fused-ring (bicyclic) bond motifs is 2. The van der Waals surface area contributed by atoms with Crippen molar-refractivity contribution in [1.29, 1.82) is 0 Å². The van der Waals surface area contributed by atoms with E-state index >= 15 is 0 Å². The van der Waals surface area contributed by atoms with Crippen molar-refractivity contribution in [2.24, 2.45) is 23.5 Å². The third-order valence-corrected chi connectivity index (χ3v) is 5.93. The van der Waals surface area contributed by atoms with Crippen LogP contribution in [-0.4, -0.2) is 30.6 Å². The molecule has 2 fully saturated rings. The fourth-order valence-electron chi connectivity index (χ4n) is 4.30. The lowest BCUT2D eigenvalue weighted by Crippen LogP contribution is -2.57. The molecule has 3 N–H and O–H groups in total. The number of ether oxygens (including phenoxy) is 1. The van der Waals surface area contributed by atoms with Gasteiger partial charge in [-0.2, -0.15) is 0 Å². The molecule has 2 saturated carbocycles. The first-order valence-corrected chi connectivity index (χ1v) is 8.63. The van der Waals surface area contributed by atoms with Gasteiger partial charge in [0.25, 0.3) is 0 Å². The number of esters is 1. The molecule has 22 heavy (non-hydrogen) atoms. The first-order chi connectivity index (χ1) is 10.5. The second-order valence-corrected chi connectivity index (χ2v) is 6.97. The number of rotatable bonds is 5. The summed E-state index contributed by atoms with van der Waals surface area (Å²) in [5.74, 6) is 0.548. The number of hydrogen-bond donors (Lipinski definition) is 2. The maximum Gasteiger partial charge on any atom is 0.331 e. The smallest absolute Gasteiger partial charge is 0.331 e. The Labute approximate surface area is 133 Å². The molecule has 0 aromatic rings. The zero-order valence-corrected chi connectivity index (χ0v) is 14.1. The van der Waals surface area contributed by atoms with Crippen molar-refractivity contribution in [3.63, 3.8) is 0 Å². The molecule has 0 aromatic carbocycles. The molecule has 2 unspecified atom stereocenters. The summed E-state index contributed by atoms with van der Waals surface area (Å²) in [6.07, 6.45) is 6.29. The van der Waals surface area contributed by atoms with E-state index in [0.717, 1.165) is 25.7 Å². The highest BCUT2D eigenvalue weighted by molar-refractivity contribution is 5.89. The van der Waals surface area contributed by atoms with E-state index in [1.165, 1.54) is 13.5 Å². The number of hydrogen-bond acceptors (Lipinski definition) is 4. The summed E-state index contributed by atoms with van der Waals surface area (Å²) in [7, 11) is 1.37. The van der Waals surface area contributed by atoms with Gasteiger partial charge < -0.3 is 15.8 Å². The lowest BCUT2D eigenvalue weighted by molar-refractivity contribution is -0.152. The Morgan fingerprint density at radius 1 is 1.18 bits per heavy atom. The molecule has 5 heteroatoms. The van der Waals surface area contributed by atoms with Crippen molar-refractivity contribution in [1.82, 2.24) is 5.32 Å². The summed E-state index contributed by atoms with van der Waals surface area (Å²) in [6, 6.07) is 0.250. The summed E-state index contributed by atoms with van der Waals surface area (Å²) in [4.78, 5) is 24.8. The molecule has 5 nitrogen and oxygen atoms in total. The highest BCUT2D eigenvalue weighted by Gasteiger charge is 2.44. The van der Waals surface area contributed by atoms with E-state index in [1.54, 1.807) is 0 Å². The monoisotopic (exact) mass is 310 g/mol. The van der Waals surface area contributed by atoms with E-state index in [2.05, 4.69) is 5.32 Å². The fraction of sp³-hybridized carbons (Fsp3) is 0.882. The Hall–Kier alpha value is -1.10. The minimum Gasteiger partial charge on any atom is -0.467 e. The number of amides is 1. The number of carbonyl (C=O) groups is 2. The quantitative estimate of drug-likeness (QED) is 0.761. The van der Waals surface area contributed by atoms with Gasteiger partial charge in [-0.25, -0.2) is 4.79 Å². The third kappa shape index (κ3) is 3.14. The number of nitrogens with one attached hydrogen (secondary N) is 1. The molecule has 0 aromatic heterocycles. The Morgan fingerprint density at radius 3 is 2.18 bits per heavy atom. The maximum absolute atomic E-state index is 12.7. The molecular formula is C17H30N2O3. The Bertz CT molecular complexity index is 406. The largest absolute Gasteiger partial charge is 0.467 e. The molecule has 2 aliphatic carbocycles. The summed E-state index contributed by atoms with van der Waals surface area (Å²) in [6.45, 7) is 3.82. The second kappa shape index (κ2) is 6.99. The van der Waals surface area contributed by atoms with Crippen molar-refractivity contribution >= 4 is 11.9 Å². The van der Waals surface area contributed by atoms with Gasteiger partial charge in [0.15, 0.2) is 0 Å². The molecule has 1 amide bonds. The van der Waals surface area contributed by atoms with Crippen molar-refractivity contribution in [2.45, 2.75) is 70.4 Å². The maximum atomic E-state index is 12.7. The highest BCUT2D eigenvalue weighted by atomic mass is 16.5. The average molecular weight is 310 g/mol. The highest BCUT2D eigenvalue weighted by Crippen LogP contribution is 2.42. The van der Waals surface area contributed by atoms with Gasteiger partial charge in [0.1, 0.15) is 5.54 Å². The zero-order valence-electron chi connectivity index (χ0n) is 14.1. The number of nitrogens with two attached hydrogens (primary N) is 1. The van der Waals surface area contributed by atoms with Crippen molar-refractivity contribution in [3.05, 3.63) is 0 Å². The second-order valence-electron chi connectivity index (χ2n) is 6.97. The first-order valence-electron chi connectivity index (χ1n) is 8.63. The molecule has 2 atom stereocenters. The zero-order chi connectivity index (χ0) is 16.3. The molecular weight excluding hydrogens is 280 g/mol. The minimum absolute atomic E-state index is 0.00194. The topological polar surface area (TPSA) is 81.4 Å². The predicted octanol–water partition coefficient (Wildman–Crippen LogP) is 1.99. The molecule has 2 rings (SSSR count). The van der Waals surface area contributed by atoms with Crippen LogP contribution < -0.4 is 11.1 Å². The van der Waals surface area contributed by atoms with Crippen LogP contribution in [-0.2, 0) is 14.3 Å². The molecule has 0 radical (unpaired) electrons. The van der Waals surface area contributed by atoms with Gasteiger partial charge in [0.05, 0.1) is 7.11 Å². The van der Waals surface area contributed by atoms with Gasteiger partial charge in [-0.05, 0) is 50.4 Å². The summed E-state index contributed by atoms with van der Waals surface area (Å²) >= 11 is 0. The van der Waals surface area contributed by atoms with Crippen LogP contribution in [0.5, 0.6) is 0 Å². The Kier molecular flexibility index (Phi) is 5.48. The van der Waals surface area contributed by atoms with Crippen molar-refractivity contribution in [2.75, 3.05) is 7.11 Å². The average Bonchev–Trinajstić information content (AvgIpc) is 2.51. The standard InChI is InChI=1S/C17H30N2O3/c1-4-17(5-2,16(21)22-3)19-15(20)13-9-11-7-6-8-12(10-13)14(11)18/h11-14H,4-10,18H2,1-3H3,(H,19,20). The predicted molar refractivity (Wildman–Crippen MR) is 85.0 cm³/mol. The van der Waals surface area contributed by atoms with Crippen LogP contribution >= 0.6 is 0 Å². The summed E-state index contributed by atoms with van der Waals surface area (Å²) in [5.41, 5.74) is 5.40. The van der Waals surface area contributed by atoms with Crippen LogP contribution in [0.3, 0.4) is 0 Å². The first kappa shape index (κ1) is 17.3.